The first-order valence-corrected chi connectivity index (χ1v) is 6.12. The minimum absolute atomic E-state index is 0.0764. The second kappa shape index (κ2) is 6.51. The molecule has 0 spiro atoms. The lowest BCUT2D eigenvalue weighted by molar-refractivity contribution is 0.0691. The lowest BCUT2D eigenvalue weighted by Crippen LogP contribution is -2.12. The van der Waals surface area contributed by atoms with Gasteiger partial charge in [0.15, 0.2) is 11.5 Å². The Labute approximate surface area is 116 Å². The van der Waals surface area contributed by atoms with Crippen LogP contribution >= 0.6 is 0 Å². The number of aromatic nitrogens is 2. The molecule has 0 unspecified atom stereocenters. The van der Waals surface area contributed by atoms with Crippen molar-refractivity contribution in [2.24, 2.45) is 0 Å². The monoisotopic (exact) mass is 273 g/mol. The zero-order chi connectivity index (χ0) is 14.4. The number of benzene rings is 1. The van der Waals surface area contributed by atoms with Crippen molar-refractivity contribution in [1.29, 1.82) is 0 Å². The van der Waals surface area contributed by atoms with Crippen molar-refractivity contribution < 1.29 is 14.6 Å². The second-order valence-corrected chi connectivity index (χ2v) is 4.05. The second-order valence-electron chi connectivity index (χ2n) is 4.05. The Kier molecular flexibility index (Phi) is 4.49. The summed E-state index contributed by atoms with van der Waals surface area (Å²) in [5.41, 5.74) is 0.968. The molecule has 0 saturated heterocycles. The number of hydrogen-bond donors (Lipinski definition) is 2. The Morgan fingerprint density at radius 1 is 1.30 bits per heavy atom. The lowest BCUT2D eigenvalue weighted by Gasteiger charge is -2.10. The average Bonchev–Trinajstić information content (AvgIpc) is 2.48. The van der Waals surface area contributed by atoms with E-state index in [-0.39, 0.29) is 11.5 Å². The highest BCUT2D eigenvalue weighted by atomic mass is 16.5. The summed E-state index contributed by atoms with van der Waals surface area (Å²) in [4.78, 5) is 18.8. The summed E-state index contributed by atoms with van der Waals surface area (Å²) in [5.74, 6) is -0.0142. The van der Waals surface area contributed by atoms with Gasteiger partial charge in [0.2, 0.25) is 0 Å². The predicted octanol–water partition coefficient (Wildman–Crippen LogP) is 1.84. The van der Waals surface area contributed by atoms with E-state index in [1.54, 1.807) is 7.11 Å². The first kappa shape index (κ1) is 13.8. The van der Waals surface area contributed by atoms with Crippen molar-refractivity contribution in [2.45, 2.75) is 6.42 Å². The maximum Gasteiger partial charge on any atom is 0.358 e. The normalized spacial score (nSPS) is 10.1. The summed E-state index contributed by atoms with van der Waals surface area (Å²) in [6.07, 6.45) is 3.51. The number of para-hydroxylation sites is 1. The van der Waals surface area contributed by atoms with E-state index in [4.69, 9.17) is 9.84 Å². The number of ether oxygens (including phenoxy) is 1. The number of methoxy groups -OCH3 is 1. The number of hydrogen-bond acceptors (Lipinski definition) is 5. The quantitative estimate of drug-likeness (QED) is 0.835. The van der Waals surface area contributed by atoms with Crippen molar-refractivity contribution in [1.82, 2.24) is 9.97 Å². The zero-order valence-electron chi connectivity index (χ0n) is 11.0. The van der Waals surface area contributed by atoms with Gasteiger partial charge in [-0.05, 0) is 18.1 Å². The van der Waals surface area contributed by atoms with Crippen molar-refractivity contribution in [3.63, 3.8) is 0 Å². The van der Waals surface area contributed by atoms with Gasteiger partial charge in [0.05, 0.1) is 7.11 Å². The molecule has 0 aliphatic rings. The fourth-order valence-corrected chi connectivity index (χ4v) is 1.85. The van der Waals surface area contributed by atoms with E-state index in [2.05, 4.69) is 15.3 Å². The summed E-state index contributed by atoms with van der Waals surface area (Å²) in [5, 5.41) is 12.0. The highest BCUT2D eigenvalue weighted by molar-refractivity contribution is 5.90. The predicted molar refractivity (Wildman–Crippen MR) is 74.2 cm³/mol. The molecule has 0 amide bonds. The molecular formula is C14H15N3O3. The highest BCUT2D eigenvalue weighted by Crippen LogP contribution is 2.18. The van der Waals surface area contributed by atoms with Crippen LogP contribution in [0.1, 0.15) is 16.1 Å². The number of nitrogens with zero attached hydrogens (tertiary/aromatic N) is 2. The van der Waals surface area contributed by atoms with Crippen LogP contribution in [0.4, 0.5) is 5.82 Å². The molecule has 20 heavy (non-hydrogen) atoms. The van der Waals surface area contributed by atoms with Gasteiger partial charge < -0.3 is 15.2 Å². The molecule has 1 aromatic carbocycles. The van der Waals surface area contributed by atoms with Gasteiger partial charge >= 0.3 is 5.97 Å². The van der Waals surface area contributed by atoms with Gasteiger partial charge in [-0.15, -0.1) is 0 Å². The summed E-state index contributed by atoms with van der Waals surface area (Å²) < 4.78 is 5.26. The van der Waals surface area contributed by atoms with Crippen LogP contribution in [0.25, 0.3) is 0 Å². The summed E-state index contributed by atoms with van der Waals surface area (Å²) in [7, 11) is 1.62. The number of carboxylic acid groups (broad SMARTS) is 1. The Bertz CT molecular complexity index is 602. The van der Waals surface area contributed by atoms with Crippen molar-refractivity contribution in [2.75, 3.05) is 19.0 Å². The van der Waals surface area contributed by atoms with Gasteiger partial charge in [0, 0.05) is 18.9 Å². The third-order valence-corrected chi connectivity index (χ3v) is 2.78. The molecule has 2 aromatic rings. The molecule has 0 atom stereocenters. The lowest BCUT2D eigenvalue weighted by atomic mass is 10.1. The highest BCUT2D eigenvalue weighted by Gasteiger charge is 2.12. The number of rotatable bonds is 6. The van der Waals surface area contributed by atoms with E-state index in [0.29, 0.717) is 13.0 Å². The molecule has 2 N–H and O–H groups in total. The third kappa shape index (κ3) is 3.23. The van der Waals surface area contributed by atoms with Crippen LogP contribution in [0.2, 0.25) is 0 Å². The van der Waals surface area contributed by atoms with Crippen LogP contribution < -0.4 is 10.1 Å². The average molecular weight is 273 g/mol. The molecule has 0 saturated carbocycles. The van der Waals surface area contributed by atoms with Crippen molar-refractivity contribution in [3.8, 4) is 5.75 Å². The fourth-order valence-electron chi connectivity index (χ4n) is 1.85. The minimum atomic E-state index is -1.10. The number of carbonyl (C=O) groups is 1. The van der Waals surface area contributed by atoms with E-state index < -0.39 is 5.97 Å². The molecule has 0 radical (unpaired) electrons. The molecule has 0 fully saturated rings. The SMILES string of the molecule is COc1ccccc1CCNc1nccnc1C(=O)O. The molecule has 0 aliphatic heterocycles. The molecule has 6 nitrogen and oxygen atoms in total. The Morgan fingerprint density at radius 2 is 2.05 bits per heavy atom. The third-order valence-electron chi connectivity index (χ3n) is 2.78. The Morgan fingerprint density at radius 3 is 2.80 bits per heavy atom. The topological polar surface area (TPSA) is 84.3 Å². The Hall–Kier alpha value is -2.63. The first-order valence-electron chi connectivity index (χ1n) is 6.12. The molecular weight excluding hydrogens is 258 g/mol. The number of carboxylic acids is 1. The van der Waals surface area contributed by atoms with Gasteiger partial charge in [-0.25, -0.2) is 14.8 Å². The van der Waals surface area contributed by atoms with Gasteiger partial charge in [0.1, 0.15) is 5.75 Å². The molecule has 104 valence electrons. The zero-order valence-corrected chi connectivity index (χ0v) is 11.0. The van der Waals surface area contributed by atoms with E-state index in [1.165, 1.54) is 12.4 Å². The van der Waals surface area contributed by atoms with Gasteiger partial charge in [-0.2, -0.15) is 0 Å². The van der Waals surface area contributed by atoms with Crippen LogP contribution in [0, 0.1) is 0 Å². The van der Waals surface area contributed by atoms with Crippen molar-refractivity contribution >= 4 is 11.8 Å². The number of anilines is 1. The molecule has 0 bridgehead atoms. The maximum atomic E-state index is 11.0. The van der Waals surface area contributed by atoms with Crippen LogP contribution in [0.15, 0.2) is 36.7 Å². The van der Waals surface area contributed by atoms with Crippen molar-refractivity contribution in [3.05, 3.63) is 47.9 Å². The van der Waals surface area contributed by atoms with E-state index >= 15 is 0 Å². The van der Waals surface area contributed by atoms with Gasteiger partial charge in [0.25, 0.3) is 0 Å². The van der Waals surface area contributed by atoms with E-state index in [9.17, 15) is 4.79 Å². The van der Waals surface area contributed by atoms with Gasteiger partial charge in [-0.3, -0.25) is 0 Å². The summed E-state index contributed by atoms with van der Waals surface area (Å²) >= 11 is 0. The number of aromatic carboxylic acids is 1. The minimum Gasteiger partial charge on any atom is -0.496 e. The first-order chi connectivity index (χ1) is 9.72. The fraction of sp³-hybridized carbons (Fsp3) is 0.214. The number of nitrogens with one attached hydrogen (secondary N) is 1. The molecule has 1 aromatic heterocycles. The molecule has 1 heterocycles. The largest absolute Gasteiger partial charge is 0.496 e. The Balaban J connectivity index is 2.01. The van der Waals surface area contributed by atoms with Crippen LogP contribution in [0.3, 0.4) is 0 Å². The van der Waals surface area contributed by atoms with Crippen LogP contribution in [0.5, 0.6) is 5.75 Å². The van der Waals surface area contributed by atoms with Gasteiger partial charge in [-0.1, -0.05) is 18.2 Å². The smallest absolute Gasteiger partial charge is 0.358 e. The standard InChI is InChI=1S/C14H15N3O3/c1-20-11-5-3-2-4-10(11)6-7-16-13-12(14(18)19)15-8-9-17-13/h2-5,8-9H,6-7H2,1H3,(H,16,17)(H,18,19). The van der Waals surface area contributed by atoms with E-state index in [1.807, 2.05) is 24.3 Å². The van der Waals surface area contributed by atoms with Crippen LogP contribution in [-0.2, 0) is 6.42 Å². The summed E-state index contributed by atoms with van der Waals surface area (Å²) in [6, 6.07) is 7.69. The summed E-state index contributed by atoms with van der Waals surface area (Å²) in [6.45, 7) is 0.541. The van der Waals surface area contributed by atoms with Crippen LogP contribution in [-0.4, -0.2) is 34.7 Å². The molecule has 6 heteroatoms. The molecule has 2 rings (SSSR count). The molecule has 0 aliphatic carbocycles. The van der Waals surface area contributed by atoms with E-state index in [0.717, 1.165) is 11.3 Å². The maximum absolute atomic E-state index is 11.0.